The van der Waals surface area contributed by atoms with Crippen LogP contribution in [0.25, 0.3) is 11.5 Å². The average molecular weight is 408 g/mol. The van der Waals surface area contributed by atoms with Gasteiger partial charge in [0, 0.05) is 39.3 Å². The Bertz CT molecular complexity index is 972. The second kappa shape index (κ2) is 8.29. The van der Waals surface area contributed by atoms with Crippen LogP contribution in [0.15, 0.2) is 39.7 Å². The Labute approximate surface area is 163 Å². The van der Waals surface area contributed by atoms with Gasteiger partial charge in [-0.2, -0.15) is 17.0 Å². The average Bonchev–Trinajstić information content (AvgIpc) is 3.23. The van der Waals surface area contributed by atoms with Gasteiger partial charge in [-0.05, 0) is 24.3 Å². The third-order valence-corrected chi connectivity index (χ3v) is 7.00. The molecule has 3 heterocycles. The standard InChI is InChI=1S/C18H24N4O5S/c1-3-21(4-2)28(25,26)22-11-9-20(10-12-22)18(24)14-7-8-15(19-17(14)23)16-6-5-13-27-16/h5-8,13H,3-4,9-12H2,1-2H3,(H,19,23). The van der Waals surface area contributed by atoms with E-state index in [0.717, 1.165) is 0 Å². The summed E-state index contributed by atoms with van der Waals surface area (Å²) in [4.78, 5) is 29.2. The van der Waals surface area contributed by atoms with Crippen molar-refractivity contribution >= 4 is 16.1 Å². The van der Waals surface area contributed by atoms with Gasteiger partial charge in [-0.25, -0.2) is 0 Å². The minimum Gasteiger partial charge on any atom is -0.463 e. The van der Waals surface area contributed by atoms with Crippen molar-refractivity contribution in [1.82, 2.24) is 18.5 Å². The lowest BCUT2D eigenvalue weighted by Crippen LogP contribution is -2.54. The highest BCUT2D eigenvalue weighted by Crippen LogP contribution is 2.17. The van der Waals surface area contributed by atoms with Crippen LogP contribution in [-0.2, 0) is 10.2 Å². The van der Waals surface area contributed by atoms with Crippen molar-refractivity contribution in [2.75, 3.05) is 39.3 Å². The first kappa shape index (κ1) is 20.3. The van der Waals surface area contributed by atoms with E-state index >= 15 is 0 Å². The zero-order chi connectivity index (χ0) is 20.3. The lowest BCUT2D eigenvalue weighted by molar-refractivity contribution is 0.0692. The maximum absolute atomic E-state index is 12.7. The summed E-state index contributed by atoms with van der Waals surface area (Å²) in [6.45, 7) is 5.25. The molecule has 2 aromatic rings. The van der Waals surface area contributed by atoms with E-state index in [-0.39, 0.29) is 31.7 Å². The number of piperazine rings is 1. The molecule has 0 atom stereocenters. The number of aromatic nitrogens is 1. The van der Waals surface area contributed by atoms with E-state index in [2.05, 4.69) is 4.98 Å². The fraction of sp³-hybridized carbons (Fsp3) is 0.444. The summed E-state index contributed by atoms with van der Waals surface area (Å²) in [5.74, 6) is 0.0958. The zero-order valence-corrected chi connectivity index (χ0v) is 16.7. The van der Waals surface area contributed by atoms with Crippen LogP contribution < -0.4 is 5.56 Å². The van der Waals surface area contributed by atoms with Gasteiger partial charge in [0.15, 0.2) is 0 Å². The van der Waals surface area contributed by atoms with Crippen LogP contribution in [0.4, 0.5) is 0 Å². The van der Waals surface area contributed by atoms with Crippen molar-refractivity contribution in [1.29, 1.82) is 0 Å². The van der Waals surface area contributed by atoms with Gasteiger partial charge in [-0.15, -0.1) is 0 Å². The predicted molar refractivity (Wildman–Crippen MR) is 104 cm³/mol. The summed E-state index contributed by atoms with van der Waals surface area (Å²) in [5.41, 5.74) is 0.00846. The first-order chi connectivity index (χ1) is 13.4. The van der Waals surface area contributed by atoms with E-state index in [4.69, 9.17) is 4.42 Å². The zero-order valence-electron chi connectivity index (χ0n) is 15.9. The first-order valence-corrected chi connectivity index (χ1v) is 10.6. The van der Waals surface area contributed by atoms with Crippen LogP contribution in [0.5, 0.6) is 0 Å². The Balaban J connectivity index is 1.70. The predicted octanol–water partition coefficient (Wildman–Crippen LogP) is 0.979. The van der Waals surface area contributed by atoms with E-state index < -0.39 is 21.7 Å². The van der Waals surface area contributed by atoms with Crippen LogP contribution in [0, 0.1) is 0 Å². The number of hydrogen-bond donors (Lipinski definition) is 1. The van der Waals surface area contributed by atoms with Crippen LogP contribution in [0.2, 0.25) is 0 Å². The van der Waals surface area contributed by atoms with Gasteiger partial charge >= 0.3 is 0 Å². The molecule has 3 rings (SSSR count). The minimum absolute atomic E-state index is 0.0235. The highest BCUT2D eigenvalue weighted by Gasteiger charge is 2.32. The molecule has 152 valence electrons. The lowest BCUT2D eigenvalue weighted by Gasteiger charge is -2.36. The second-order valence-electron chi connectivity index (χ2n) is 6.38. The third kappa shape index (κ3) is 3.89. The van der Waals surface area contributed by atoms with Crippen LogP contribution in [-0.4, -0.2) is 72.1 Å². The van der Waals surface area contributed by atoms with E-state index in [1.54, 1.807) is 32.0 Å². The molecule has 1 N–H and O–H groups in total. The number of furan rings is 1. The number of rotatable bonds is 6. The number of hydrogen-bond acceptors (Lipinski definition) is 5. The molecule has 9 nitrogen and oxygen atoms in total. The number of carbonyl (C=O) groups excluding carboxylic acids is 1. The summed E-state index contributed by atoms with van der Waals surface area (Å²) in [6, 6.07) is 6.51. The lowest BCUT2D eigenvalue weighted by atomic mass is 10.2. The molecule has 10 heteroatoms. The maximum Gasteiger partial charge on any atom is 0.282 e. The molecule has 0 aromatic carbocycles. The summed E-state index contributed by atoms with van der Waals surface area (Å²) in [6.07, 6.45) is 1.50. The molecular weight excluding hydrogens is 384 g/mol. The third-order valence-electron chi connectivity index (χ3n) is 4.81. The topological polar surface area (TPSA) is 107 Å². The fourth-order valence-electron chi connectivity index (χ4n) is 3.22. The Morgan fingerprint density at radius 1 is 1.14 bits per heavy atom. The largest absolute Gasteiger partial charge is 0.463 e. The summed E-state index contributed by atoms with van der Waals surface area (Å²) >= 11 is 0. The minimum atomic E-state index is -3.53. The van der Waals surface area contributed by atoms with Crippen molar-refractivity contribution in [2.24, 2.45) is 0 Å². The number of nitrogens with zero attached hydrogens (tertiary/aromatic N) is 3. The number of carbonyl (C=O) groups is 1. The molecule has 2 aromatic heterocycles. The molecule has 0 unspecified atom stereocenters. The van der Waals surface area contributed by atoms with Gasteiger partial charge in [0.2, 0.25) is 0 Å². The van der Waals surface area contributed by atoms with Crippen LogP contribution in [0.3, 0.4) is 0 Å². The SMILES string of the molecule is CCN(CC)S(=O)(=O)N1CCN(C(=O)c2ccc(-c3ccco3)[nH]c2=O)CC1. The fourth-order valence-corrected chi connectivity index (χ4v) is 4.83. The summed E-state index contributed by atoms with van der Waals surface area (Å²) in [5, 5.41) is 0. The monoisotopic (exact) mass is 408 g/mol. The summed E-state index contributed by atoms with van der Waals surface area (Å²) in [7, 11) is -3.53. The van der Waals surface area contributed by atoms with Crippen molar-refractivity contribution in [3.8, 4) is 11.5 Å². The molecule has 1 aliphatic rings. The van der Waals surface area contributed by atoms with Crippen LogP contribution in [0.1, 0.15) is 24.2 Å². The van der Waals surface area contributed by atoms with Crippen molar-refractivity contribution in [2.45, 2.75) is 13.8 Å². The van der Waals surface area contributed by atoms with Gasteiger partial charge in [0.25, 0.3) is 21.7 Å². The van der Waals surface area contributed by atoms with Crippen molar-refractivity contribution in [3.05, 3.63) is 46.4 Å². The van der Waals surface area contributed by atoms with E-state index in [9.17, 15) is 18.0 Å². The van der Waals surface area contributed by atoms with Crippen molar-refractivity contribution < 1.29 is 17.6 Å². The smallest absolute Gasteiger partial charge is 0.282 e. The Morgan fingerprint density at radius 2 is 1.82 bits per heavy atom. The second-order valence-corrected chi connectivity index (χ2v) is 8.30. The van der Waals surface area contributed by atoms with E-state index in [1.807, 2.05) is 0 Å². The van der Waals surface area contributed by atoms with Gasteiger partial charge in [0.1, 0.15) is 11.3 Å². The molecule has 0 bridgehead atoms. The molecule has 1 saturated heterocycles. The van der Waals surface area contributed by atoms with E-state index in [1.165, 1.54) is 25.8 Å². The molecule has 1 amide bonds. The molecule has 28 heavy (non-hydrogen) atoms. The highest BCUT2D eigenvalue weighted by molar-refractivity contribution is 7.86. The summed E-state index contributed by atoms with van der Waals surface area (Å²) < 4.78 is 33.2. The molecule has 1 aliphatic heterocycles. The normalized spacial score (nSPS) is 15.9. The molecular formula is C18H24N4O5S. The molecule has 0 aliphatic carbocycles. The number of amides is 1. The molecule has 0 radical (unpaired) electrons. The first-order valence-electron chi connectivity index (χ1n) is 9.20. The quantitative estimate of drug-likeness (QED) is 0.767. The van der Waals surface area contributed by atoms with Gasteiger partial charge in [0.05, 0.1) is 12.0 Å². The van der Waals surface area contributed by atoms with Crippen LogP contribution >= 0.6 is 0 Å². The Hall–Kier alpha value is -2.43. The molecule has 0 spiro atoms. The maximum atomic E-state index is 12.7. The van der Waals surface area contributed by atoms with Crippen molar-refractivity contribution in [3.63, 3.8) is 0 Å². The Morgan fingerprint density at radius 3 is 2.36 bits per heavy atom. The van der Waals surface area contributed by atoms with Gasteiger partial charge in [-0.3, -0.25) is 9.59 Å². The number of nitrogens with one attached hydrogen (secondary N) is 1. The number of pyridine rings is 1. The molecule has 0 saturated carbocycles. The van der Waals surface area contributed by atoms with Gasteiger partial charge in [-0.1, -0.05) is 13.8 Å². The Kier molecular flexibility index (Phi) is 6.01. The molecule has 1 fully saturated rings. The van der Waals surface area contributed by atoms with E-state index in [0.29, 0.717) is 24.5 Å². The number of H-pyrrole nitrogens is 1. The highest BCUT2D eigenvalue weighted by atomic mass is 32.2. The number of aromatic amines is 1. The van der Waals surface area contributed by atoms with Gasteiger partial charge < -0.3 is 14.3 Å².